The molecule has 4 aliphatic carbocycles. The zero-order valence-corrected chi connectivity index (χ0v) is 17.2. The Kier molecular flexibility index (Phi) is 4.63. The first-order valence-corrected chi connectivity index (χ1v) is 11.1. The average molecular weight is 345 g/mol. The molecule has 0 radical (unpaired) electrons. The second-order valence-electron chi connectivity index (χ2n) is 10.6. The molecule has 142 valence electrons. The molecule has 0 N–H and O–H groups in total. The van der Waals surface area contributed by atoms with Gasteiger partial charge in [-0.1, -0.05) is 32.4 Å². The van der Waals surface area contributed by atoms with Crippen LogP contribution in [0.5, 0.6) is 0 Å². The number of hydrogen-bond acceptors (Lipinski definition) is 1. The third kappa shape index (κ3) is 2.59. The maximum Gasteiger partial charge on any atom is 0.0462 e. The van der Waals surface area contributed by atoms with Gasteiger partial charge in [0.2, 0.25) is 0 Å². The summed E-state index contributed by atoms with van der Waals surface area (Å²) in [5, 5.41) is 0. The van der Waals surface area contributed by atoms with Gasteiger partial charge in [-0.05, 0) is 105 Å². The lowest BCUT2D eigenvalue weighted by atomic mass is 9.45. The van der Waals surface area contributed by atoms with Crippen molar-refractivity contribution in [1.29, 1.82) is 0 Å². The zero-order valence-electron chi connectivity index (χ0n) is 17.2. The van der Waals surface area contributed by atoms with Crippen LogP contribution < -0.4 is 0 Å². The van der Waals surface area contributed by atoms with E-state index in [2.05, 4.69) is 26.8 Å². The number of ether oxygens (including phenoxy) is 1. The van der Waals surface area contributed by atoms with E-state index in [9.17, 15) is 0 Å². The molecule has 0 aromatic rings. The van der Waals surface area contributed by atoms with E-state index in [4.69, 9.17) is 4.74 Å². The topological polar surface area (TPSA) is 9.23 Å². The second-order valence-corrected chi connectivity index (χ2v) is 10.6. The lowest BCUT2D eigenvalue weighted by Crippen LogP contribution is -2.51. The van der Waals surface area contributed by atoms with Crippen molar-refractivity contribution in [3.63, 3.8) is 0 Å². The monoisotopic (exact) mass is 344 g/mol. The lowest BCUT2D eigenvalue weighted by Gasteiger charge is -2.60. The van der Waals surface area contributed by atoms with Crippen molar-refractivity contribution in [1.82, 2.24) is 0 Å². The SMILES string of the molecule is COCCC[C@@]1(C)CC[C@H]2C3CCC4=CCCC[C@]4(C)[C@H]3CC[C@@]21C. The van der Waals surface area contributed by atoms with Gasteiger partial charge in [-0.2, -0.15) is 0 Å². The van der Waals surface area contributed by atoms with Crippen LogP contribution in [0, 0.1) is 34.0 Å². The molecule has 0 aromatic heterocycles. The molecule has 4 aliphatic rings. The van der Waals surface area contributed by atoms with E-state index in [1.807, 2.05) is 12.7 Å². The lowest BCUT2D eigenvalue weighted by molar-refractivity contribution is -0.0786. The number of hydrogen-bond donors (Lipinski definition) is 0. The third-order valence-electron chi connectivity index (χ3n) is 9.88. The van der Waals surface area contributed by atoms with Crippen LogP contribution in [0.15, 0.2) is 11.6 Å². The van der Waals surface area contributed by atoms with Crippen molar-refractivity contribution in [3.8, 4) is 0 Å². The molecule has 4 rings (SSSR count). The Balaban J connectivity index is 1.57. The normalized spacial score (nSPS) is 49.1. The predicted molar refractivity (Wildman–Crippen MR) is 106 cm³/mol. The Labute approximate surface area is 156 Å². The molecule has 0 saturated heterocycles. The van der Waals surface area contributed by atoms with E-state index >= 15 is 0 Å². The molecule has 25 heavy (non-hydrogen) atoms. The first-order valence-electron chi connectivity index (χ1n) is 11.1. The van der Waals surface area contributed by atoms with Gasteiger partial charge >= 0.3 is 0 Å². The molecule has 1 unspecified atom stereocenters. The minimum absolute atomic E-state index is 0.546. The number of rotatable bonds is 4. The molecule has 3 saturated carbocycles. The molecule has 1 heteroatoms. The van der Waals surface area contributed by atoms with Crippen molar-refractivity contribution in [2.45, 2.75) is 91.4 Å². The van der Waals surface area contributed by atoms with Gasteiger partial charge in [0, 0.05) is 13.7 Å². The van der Waals surface area contributed by atoms with Crippen LogP contribution in [0.4, 0.5) is 0 Å². The van der Waals surface area contributed by atoms with Crippen LogP contribution in [0.2, 0.25) is 0 Å². The molecule has 0 aromatic carbocycles. The first-order chi connectivity index (χ1) is 11.9. The van der Waals surface area contributed by atoms with E-state index in [0.717, 1.165) is 24.4 Å². The van der Waals surface area contributed by atoms with E-state index in [1.165, 1.54) is 70.6 Å². The van der Waals surface area contributed by atoms with Gasteiger partial charge in [-0.25, -0.2) is 0 Å². The van der Waals surface area contributed by atoms with Crippen LogP contribution in [0.25, 0.3) is 0 Å². The van der Waals surface area contributed by atoms with Gasteiger partial charge in [-0.15, -0.1) is 0 Å². The zero-order chi connectivity index (χ0) is 17.7. The van der Waals surface area contributed by atoms with Gasteiger partial charge < -0.3 is 4.74 Å². The highest BCUT2D eigenvalue weighted by Gasteiger charge is 2.61. The summed E-state index contributed by atoms with van der Waals surface area (Å²) in [6.07, 6.45) is 18.3. The minimum atomic E-state index is 0.546. The van der Waals surface area contributed by atoms with Gasteiger partial charge in [0.1, 0.15) is 0 Å². The molecule has 0 aliphatic heterocycles. The van der Waals surface area contributed by atoms with Gasteiger partial charge in [0.15, 0.2) is 0 Å². The Morgan fingerprint density at radius 3 is 2.64 bits per heavy atom. The summed E-state index contributed by atoms with van der Waals surface area (Å²) in [6.45, 7) is 8.89. The Hall–Kier alpha value is -0.300. The predicted octanol–water partition coefficient (Wildman–Crippen LogP) is 6.77. The van der Waals surface area contributed by atoms with E-state index < -0.39 is 0 Å². The maximum absolute atomic E-state index is 5.37. The number of methoxy groups -OCH3 is 1. The maximum atomic E-state index is 5.37. The molecule has 0 spiro atoms. The fraction of sp³-hybridized carbons (Fsp3) is 0.917. The van der Waals surface area contributed by atoms with Crippen LogP contribution in [-0.4, -0.2) is 13.7 Å². The summed E-state index contributed by atoms with van der Waals surface area (Å²) in [6, 6.07) is 0. The molecule has 0 bridgehead atoms. The van der Waals surface area contributed by atoms with Gasteiger partial charge in [0.05, 0.1) is 0 Å². The minimum Gasteiger partial charge on any atom is -0.385 e. The van der Waals surface area contributed by atoms with E-state index in [1.54, 1.807) is 0 Å². The number of allylic oxidation sites excluding steroid dienone is 2. The van der Waals surface area contributed by atoms with E-state index in [0.29, 0.717) is 16.2 Å². The molecule has 0 amide bonds. The summed E-state index contributed by atoms with van der Waals surface area (Å²) >= 11 is 0. The van der Waals surface area contributed by atoms with Crippen molar-refractivity contribution < 1.29 is 4.74 Å². The fourth-order valence-corrected chi connectivity index (χ4v) is 8.13. The van der Waals surface area contributed by atoms with E-state index in [-0.39, 0.29) is 0 Å². The quantitative estimate of drug-likeness (QED) is 0.404. The van der Waals surface area contributed by atoms with Gasteiger partial charge in [-0.3, -0.25) is 0 Å². The van der Waals surface area contributed by atoms with Crippen LogP contribution >= 0.6 is 0 Å². The molecule has 3 fully saturated rings. The van der Waals surface area contributed by atoms with Crippen LogP contribution in [0.3, 0.4) is 0 Å². The van der Waals surface area contributed by atoms with Crippen molar-refractivity contribution >= 4 is 0 Å². The van der Waals surface area contributed by atoms with Crippen LogP contribution in [-0.2, 0) is 4.74 Å². The summed E-state index contributed by atoms with van der Waals surface area (Å²) in [7, 11) is 1.85. The summed E-state index contributed by atoms with van der Waals surface area (Å²) in [5.41, 5.74) is 3.53. The largest absolute Gasteiger partial charge is 0.385 e. The standard InChI is InChI=1S/C24H40O/c1-22(13-7-17-25-4)15-11-21-19-10-9-18-8-5-6-14-23(18,2)20(19)12-16-24(21,22)3/h8,19-21H,5-7,9-17H2,1-4H3/t19?,20-,21-,22-,23-,24-/m0/s1. The number of fused-ring (bicyclic) bond motifs is 5. The smallest absolute Gasteiger partial charge is 0.0462 e. The Morgan fingerprint density at radius 1 is 1.04 bits per heavy atom. The molecule has 6 atom stereocenters. The second kappa shape index (κ2) is 6.39. The summed E-state index contributed by atoms with van der Waals surface area (Å²) in [5.74, 6) is 2.97. The van der Waals surface area contributed by atoms with Crippen molar-refractivity contribution in [2.75, 3.05) is 13.7 Å². The fourth-order valence-electron chi connectivity index (χ4n) is 8.13. The highest BCUT2D eigenvalue weighted by Crippen LogP contribution is 2.70. The molecular weight excluding hydrogens is 304 g/mol. The first kappa shape index (κ1) is 18.1. The Morgan fingerprint density at radius 2 is 1.84 bits per heavy atom. The summed E-state index contributed by atoms with van der Waals surface area (Å²) < 4.78 is 5.37. The van der Waals surface area contributed by atoms with Crippen molar-refractivity contribution in [3.05, 3.63) is 11.6 Å². The van der Waals surface area contributed by atoms with Gasteiger partial charge in [0.25, 0.3) is 0 Å². The highest BCUT2D eigenvalue weighted by atomic mass is 16.5. The molecule has 0 heterocycles. The van der Waals surface area contributed by atoms with Crippen LogP contribution in [0.1, 0.15) is 91.4 Å². The Bertz CT molecular complexity index is 536. The average Bonchev–Trinajstić information content (AvgIpc) is 2.86. The molecular formula is C24H40O. The van der Waals surface area contributed by atoms with Crippen molar-refractivity contribution in [2.24, 2.45) is 34.0 Å². The third-order valence-corrected chi connectivity index (χ3v) is 9.88. The highest BCUT2D eigenvalue weighted by molar-refractivity contribution is 5.24. The molecule has 1 nitrogen and oxygen atoms in total. The summed E-state index contributed by atoms with van der Waals surface area (Å²) in [4.78, 5) is 0.